The molecular weight excluding hydrogens is 865 g/mol. The van der Waals surface area contributed by atoms with E-state index in [4.69, 9.17) is 29.2 Å². The average molecular weight is 929 g/mol. The molecule has 17 nitrogen and oxygen atoms in total. The van der Waals surface area contributed by atoms with Crippen LogP contribution in [0.2, 0.25) is 0 Å². The molecule has 0 radical (unpaired) electrons. The third-order valence-electron chi connectivity index (χ3n) is 16.2. The Morgan fingerprint density at radius 2 is 1.58 bits per heavy atom. The van der Waals surface area contributed by atoms with E-state index in [1.54, 1.807) is 7.11 Å². The van der Waals surface area contributed by atoms with E-state index in [0.717, 1.165) is 33.4 Å². The molecule has 17 heteroatoms. The topological polar surface area (TPSA) is 229 Å². The van der Waals surface area contributed by atoms with Crippen molar-refractivity contribution in [1.29, 1.82) is 0 Å². The summed E-state index contributed by atoms with van der Waals surface area (Å²) in [5.41, 5.74) is -1.62. The van der Waals surface area contributed by atoms with Crippen molar-refractivity contribution in [2.75, 3.05) is 66.0 Å². The number of nitrogens with one attached hydrogen (secondary N) is 1. The van der Waals surface area contributed by atoms with Gasteiger partial charge in [-0.15, -0.1) is 0 Å². The van der Waals surface area contributed by atoms with Crippen LogP contribution in [-0.4, -0.2) is 156 Å². The van der Waals surface area contributed by atoms with Crippen molar-refractivity contribution in [3.05, 3.63) is 70.9 Å². The van der Waals surface area contributed by atoms with Crippen LogP contribution in [0.5, 0.6) is 5.75 Å². The molecule has 6 aliphatic rings. The average Bonchev–Trinajstić information content (AvgIpc) is 3.97. The number of aliphatic hydroxyl groups is 2. The van der Waals surface area contributed by atoms with Crippen molar-refractivity contribution in [1.82, 2.24) is 14.8 Å². The van der Waals surface area contributed by atoms with Gasteiger partial charge in [-0.1, -0.05) is 44.2 Å². The number of likely N-dealkylation sites (N-methyl/N-ethyl adjacent to an activating group) is 1. The highest BCUT2D eigenvalue weighted by molar-refractivity contribution is 5.95. The van der Waals surface area contributed by atoms with Crippen LogP contribution < -0.4 is 9.64 Å². The fourth-order valence-corrected chi connectivity index (χ4v) is 13.7. The lowest BCUT2D eigenvalue weighted by Crippen LogP contribution is -2.81. The Balaban J connectivity index is 0.000000698. The number of methoxy groups -OCH3 is 3. The van der Waals surface area contributed by atoms with E-state index >= 15 is 4.79 Å². The summed E-state index contributed by atoms with van der Waals surface area (Å²) in [4.78, 5) is 72.4. The van der Waals surface area contributed by atoms with Gasteiger partial charge in [-0.3, -0.25) is 29.0 Å². The second kappa shape index (κ2) is 17.5. The number of benzene rings is 2. The SMILES string of the molecule is CC[C@]1(O)C[C@@H]2CN(CCc3c([nH]c4ccccc34)[C@@](C(=O)OC)(c3cc4c(cc3OC)N(C)[C@H]3[C@@](O)(C(=O)OC)[C@H](OC(C)=O)[C@]5(CC)C=CCN6CC[C@]43[C@@H]65)C2)C1.O=C(O)CCC(=O)O. The van der Waals surface area contributed by atoms with Gasteiger partial charge in [-0.2, -0.15) is 0 Å². The highest BCUT2D eigenvalue weighted by atomic mass is 16.6. The monoisotopic (exact) mass is 928 g/mol. The number of aliphatic carboxylic acids is 2. The summed E-state index contributed by atoms with van der Waals surface area (Å²) < 4.78 is 23.9. The van der Waals surface area contributed by atoms with Gasteiger partial charge >= 0.3 is 29.8 Å². The molecule has 1 saturated carbocycles. The number of para-hydroxylation sites is 1. The summed E-state index contributed by atoms with van der Waals surface area (Å²) in [6.07, 6.45) is 5.35. The number of rotatable bonds is 10. The number of hydrogen-bond donors (Lipinski definition) is 5. The fraction of sp³-hybridized carbons (Fsp3) is 0.580. The molecule has 1 aliphatic carbocycles. The van der Waals surface area contributed by atoms with Crippen LogP contribution >= 0.6 is 0 Å². The number of carboxylic acid groups (broad SMARTS) is 2. The van der Waals surface area contributed by atoms with Crippen molar-refractivity contribution >= 4 is 46.4 Å². The molecule has 5 N–H and O–H groups in total. The van der Waals surface area contributed by atoms with Gasteiger partial charge in [0.05, 0.1) is 45.8 Å². The van der Waals surface area contributed by atoms with E-state index in [2.05, 4.69) is 39.1 Å². The maximum atomic E-state index is 15.3. The van der Waals surface area contributed by atoms with E-state index in [1.165, 1.54) is 21.1 Å². The summed E-state index contributed by atoms with van der Waals surface area (Å²) in [5, 5.41) is 42.1. The van der Waals surface area contributed by atoms with E-state index in [0.29, 0.717) is 82.6 Å². The standard InChI is InChI=1S/C46H58N4O9.C4H6O4/c1-8-42(54)23-28-24-45(40(52)57-6,36-30(15-19-49(25-28)26-42)29-13-10-11-14-33(29)47-36)32-21-31-34(22-35(32)56-5)48(4)38-44(31)17-20-50-18-12-16-43(9-2,37(44)50)39(59-27(3)51)46(38,55)41(53)58-7;5-3(6)1-2-4(7)8/h10-14,16,21-22,28,37-39,47,54-55H,8-9,15,17-20,23-26H2,1-7H3;1-2H2,(H,5,6)(H,7,8)/t28-,37-,38+,39+,42-,43+,44+,45-,46-;/m0./s1. The molecule has 2 saturated heterocycles. The number of aromatic nitrogens is 1. The molecule has 362 valence electrons. The minimum Gasteiger partial charge on any atom is -0.496 e. The number of hydrogen-bond acceptors (Lipinski definition) is 14. The van der Waals surface area contributed by atoms with Gasteiger partial charge in [0.2, 0.25) is 5.60 Å². The number of carbonyl (C=O) groups is 5. The van der Waals surface area contributed by atoms with Gasteiger partial charge in [-0.05, 0) is 74.2 Å². The van der Waals surface area contributed by atoms with Crippen LogP contribution in [0, 0.1) is 11.3 Å². The quantitative estimate of drug-likeness (QED) is 0.110. The van der Waals surface area contributed by atoms with Crippen molar-refractivity contribution in [3.8, 4) is 5.75 Å². The first-order valence-electron chi connectivity index (χ1n) is 23.3. The maximum absolute atomic E-state index is 15.3. The second-order valence-corrected chi connectivity index (χ2v) is 19.5. The highest BCUT2D eigenvalue weighted by Crippen LogP contribution is 2.68. The zero-order chi connectivity index (χ0) is 48.4. The highest BCUT2D eigenvalue weighted by Gasteiger charge is 2.80. The summed E-state index contributed by atoms with van der Waals surface area (Å²) in [7, 11) is 6.15. The first-order chi connectivity index (χ1) is 31.8. The predicted molar refractivity (Wildman–Crippen MR) is 245 cm³/mol. The molecular formula is C50H64N4O13. The summed E-state index contributed by atoms with van der Waals surface area (Å²) in [5.74, 6) is -3.72. The van der Waals surface area contributed by atoms with E-state index in [-0.39, 0.29) is 24.8 Å². The number of anilines is 1. The van der Waals surface area contributed by atoms with Crippen LogP contribution in [0.25, 0.3) is 10.9 Å². The van der Waals surface area contributed by atoms with Gasteiger partial charge in [0.25, 0.3) is 0 Å². The number of ether oxygens (including phenoxy) is 4. The normalized spacial score (nSPS) is 33.6. The summed E-state index contributed by atoms with van der Waals surface area (Å²) >= 11 is 0. The Kier molecular flexibility index (Phi) is 12.6. The van der Waals surface area contributed by atoms with E-state index in [1.807, 2.05) is 50.1 Å². The largest absolute Gasteiger partial charge is 0.496 e. The van der Waals surface area contributed by atoms with Gasteiger partial charge < -0.3 is 49.3 Å². The van der Waals surface area contributed by atoms with Crippen LogP contribution in [0.3, 0.4) is 0 Å². The van der Waals surface area contributed by atoms with Gasteiger partial charge in [-0.25, -0.2) is 4.79 Å². The number of fused-ring (bicyclic) bond motifs is 6. The molecule has 1 spiro atoms. The van der Waals surface area contributed by atoms with Crippen molar-refractivity contribution < 1.29 is 63.3 Å². The van der Waals surface area contributed by atoms with Crippen LogP contribution in [-0.2, 0) is 55.4 Å². The zero-order valence-electron chi connectivity index (χ0n) is 39.4. The predicted octanol–water partition coefficient (Wildman–Crippen LogP) is 3.93. The van der Waals surface area contributed by atoms with Crippen LogP contribution in [0.4, 0.5) is 5.69 Å². The molecule has 1 aromatic heterocycles. The molecule has 9 rings (SSSR count). The molecule has 10 atom stereocenters. The Hall–Kier alpha value is -5.49. The lowest BCUT2D eigenvalue weighted by molar-refractivity contribution is -0.228. The molecule has 3 aromatic rings. The number of carbonyl (C=O) groups excluding carboxylic acids is 3. The minimum atomic E-state index is -2.30. The van der Waals surface area contributed by atoms with Gasteiger partial charge in [0.15, 0.2) is 6.10 Å². The Labute approximate surface area is 390 Å². The second-order valence-electron chi connectivity index (χ2n) is 19.5. The number of nitrogens with zero attached hydrogens (tertiary/aromatic N) is 3. The lowest BCUT2D eigenvalue weighted by atomic mass is 9.47. The fourth-order valence-electron chi connectivity index (χ4n) is 13.7. The third kappa shape index (κ3) is 7.21. The van der Waals surface area contributed by atoms with E-state index in [9.17, 15) is 29.4 Å². The Bertz CT molecular complexity index is 2490. The molecule has 67 heavy (non-hydrogen) atoms. The minimum absolute atomic E-state index is 0.0986. The Morgan fingerprint density at radius 3 is 2.21 bits per heavy atom. The van der Waals surface area contributed by atoms with Crippen LogP contribution in [0.1, 0.15) is 88.1 Å². The number of aromatic amines is 1. The Morgan fingerprint density at radius 1 is 0.881 bits per heavy atom. The summed E-state index contributed by atoms with van der Waals surface area (Å²) in [6.45, 7) is 8.62. The molecule has 3 fully saturated rings. The van der Waals surface area contributed by atoms with E-state index < -0.39 is 69.4 Å². The molecule has 6 heterocycles. The zero-order valence-corrected chi connectivity index (χ0v) is 39.4. The first-order valence-corrected chi connectivity index (χ1v) is 23.3. The maximum Gasteiger partial charge on any atom is 0.344 e. The van der Waals surface area contributed by atoms with Crippen molar-refractivity contribution in [2.45, 2.75) is 112 Å². The smallest absolute Gasteiger partial charge is 0.344 e. The van der Waals surface area contributed by atoms with Crippen molar-refractivity contribution in [3.63, 3.8) is 0 Å². The van der Waals surface area contributed by atoms with Gasteiger partial charge in [0, 0.05) is 90.9 Å². The first kappa shape index (κ1) is 48.0. The molecule has 0 amide bonds. The lowest BCUT2D eigenvalue weighted by Gasteiger charge is -2.63. The number of esters is 3. The molecule has 5 aliphatic heterocycles. The molecule has 2 bridgehead atoms. The number of piperidine rings is 1. The summed E-state index contributed by atoms with van der Waals surface area (Å²) in [6, 6.07) is 11.0. The van der Waals surface area contributed by atoms with Gasteiger partial charge in [0.1, 0.15) is 11.2 Å². The van der Waals surface area contributed by atoms with Crippen LogP contribution in [0.15, 0.2) is 48.6 Å². The number of H-pyrrole nitrogens is 1. The number of carboxylic acids is 2. The third-order valence-corrected chi connectivity index (χ3v) is 16.2. The molecule has 1 unspecified atom stereocenters. The van der Waals surface area contributed by atoms with Crippen molar-refractivity contribution in [2.24, 2.45) is 11.3 Å². The molecule has 2 aromatic carbocycles.